The molecule has 2 aromatic rings. The van der Waals surface area contributed by atoms with E-state index in [-0.39, 0.29) is 12.5 Å². The van der Waals surface area contributed by atoms with Crippen LogP contribution in [0.2, 0.25) is 0 Å². The summed E-state index contributed by atoms with van der Waals surface area (Å²) in [6.07, 6.45) is -1.44. The van der Waals surface area contributed by atoms with Gasteiger partial charge in [-0.25, -0.2) is 20.2 Å². The van der Waals surface area contributed by atoms with E-state index in [4.69, 9.17) is 0 Å². The second kappa shape index (κ2) is 6.74. The molecule has 1 aromatic heterocycles. The Kier molecular flexibility index (Phi) is 4.77. The molecule has 0 unspecified atom stereocenters. The number of benzene rings is 1. The summed E-state index contributed by atoms with van der Waals surface area (Å²) in [6.45, 7) is -0.0485. The highest BCUT2D eigenvalue weighted by atomic mass is 19.4. The zero-order valence-corrected chi connectivity index (χ0v) is 11.2. The zero-order chi connectivity index (χ0) is 16.0. The van der Waals surface area contributed by atoms with Crippen molar-refractivity contribution >= 4 is 12.0 Å². The predicted molar refractivity (Wildman–Crippen MR) is 72.5 cm³/mol. The van der Waals surface area contributed by atoms with Gasteiger partial charge in [0.05, 0.1) is 5.56 Å². The lowest BCUT2D eigenvalue weighted by Gasteiger charge is -2.10. The molecule has 116 valence electrons. The molecule has 22 heavy (non-hydrogen) atoms. The van der Waals surface area contributed by atoms with E-state index in [1.165, 1.54) is 24.5 Å². The van der Waals surface area contributed by atoms with Crippen molar-refractivity contribution in [2.45, 2.75) is 12.7 Å². The van der Waals surface area contributed by atoms with Gasteiger partial charge in [-0.3, -0.25) is 5.43 Å². The Bertz CT molecular complexity index is 633. The lowest BCUT2D eigenvalue weighted by Crippen LogP contribution is -2.39. The fourth-order valence-corrected chi connectivity index (χ4v) is 1.56. The maximum absolute atomic E-state index is 12.6. The summed E-state index contributed by atoms with van der Waals surface area (Å²) in [7, 11) is 0. The van der Waals surface area contributed by atoms with Gasteiger partial charge in [0, 0.05) is 18.9 Å². The summed E-state index contributed by atoms with van der Waals surface area (Å²) in [5, 5.41) is 2.41. The van der Waals surface area contributed by atoms with E-state index in [1.54, 1.807) is 6.07 Å². The van der Waals surface area contributed by atoms with Crippen LogP contribution in [-0.4, -0.2) is 16.0 Å². The van der Waals surface area contributed by atoms with Crippen molar-refractivity contribution in [2.24, 2.45) is 0 Å². The molecule has 0 aliphatic carbocycles. The summed E-state index contributed by atoms with van der Waals surface area (Å²) in [5.74, 6) is 0.191. The Morgan fingerprint density at radius 3 is 2.55 bits per heavy atom. The highest BCUT2D eigenvalue weighted by Crippen LogP contribution is 2.29. The van der Waals surface area contributed by atoms with Crippen LogP contribution in [0.15, 0.2) is 42.7 Å². The molecule has 0 spiro atoms. The Hall–Kier alpha value is -2.84. The molecule has 1 aromatic carbocycles. The SMILES string of the molecule is O=C(NCc1cccc(C(F)(F)F)c1)NNc1ncccn1. The van der Waals surface area contributed by atoms with Crippen molar-refractivity contribution in [3.63, 3.8) is 0 Å². The molecule has 3 N–H and O–H groups in total. The van der Waals surface area contributed by atoms with E-state index < -0.39 is 17.8 Å². The minimum atomic E-state index is -4.41. The fourth-order valence-electron chi connectivity index (χ4n) is 1.56. The molecule has 0 aliphatic heterocycles. The third-order valence-corrected chi connectivity index (χ3v) is 2.56. The third-order valence-electron chi connectivity index (χ3n) is 2.56. The number of alkyl halides is 3. The number of carbonyl (C=O) groups excluding carboxylic acids is 1. The molecule has 0 fully saturated rings. The van der Waals surface area contributed by atoms with Crippen LogP contribution in [0.25, 0.3) is 0 Å². The molecule has 0 atom stereocenters. The van der Waals surface area contributed by atoms with Crippen LogP contribution >= 0.6 is 0 Å². The van der Waals surface area contributed by atoms with Gasteiger partial charge >= 0.3 is 12.2 Å². The van der Waals surface area contributed by atoms with Gasteiger partial charge in [-0.05, 0) is 23.8 Å². The molecule has 0 saturated heterocycles. The summed E-state index contributed by atoms with van der Waals surface area (Å²) >= 11 is 0. The minimum Gasteiger partial charge on any atom is -0.333 e. The van der Waals surface area contributed by atoms with E-state index in [2.05, 4.69) is 26.1 Å². The van der Waals surface area contributed by atoms with Crippen molar-refractivity contribution in [3.05, 3.63) is 53.9 Å². The molecule has 0 aliphatic rings. The van der Waals surface area contributed by atoms with Gasteiger partial charge in [0.1, 0.15) is 0 Å². The molecule has 1 heterocycles. The number of halogens is 3. The largest absolute Gasteiger partial charge is 0.416 e. The van der Waals surface area contributed by atoms with Gasteiger partial charge in [0.25, 0.3) is 0 Å². The topological polar surface area (TPSA) is 78.9 Å². The van der Waals surface area contributed by atoms with E-state index in [1.807, 2.05) is 0 Å². The summed E-state index contributed by atoms with van der Waals surface area (Å²) < 4.78 is 37.7. The number of nitrogens with zero attached hydrogens (tertiary/aromatic N) is 2. The van der Waals surface area contributed by atoms with E-state index in [0.29, 0.717) is 5.56 Å². The van der Waals surface area contributed by atoms with Gasteiger partial charge in [-0.1, -0.05) is 12.1 Å². The average Bonchev–Trinajstić information content (AvgIpc) is 2.51. The van der Waals surface area contributed by atoms with E-state index >= 15 is 0 Å². The predicted octanol–water partition coefficient (Wildman–Crippen LogP) is 2.32. The lowest BCUT2D eigenvalue weighted by molar-refractivity contribution is -0.137. The number of nitrogens with one attached hydrogen (secondary N) is 3. The number of anilines is 1. The van der Waals surface area contributed by atoms with Crippen molar-refractivity contribution in [2.75, 3.05) is 5.43 Å². The maximum Gasteiger partial charge on any atom is 0.416 e. The Morgan fingerprint density at radius 2 is 1.86 bits per heavy atom. The van der Waals surface area contributed by atoms with Gasteiger partial charge < -0.3 is 5.32 Å². The minimum absolute atomic E-state index is 0.0485. The first kappa shape index (κ1) is 15.5. The van der Waals surface area contributed by atoms with Crippen LogP contribution in [0.1, 0.15) is 11.1 Å². The van der Waals surface area contributed by atoms with Crippen LogP contribution in [0.3, 0.4) is 0 Å². The Labute approximate surface area is 123 Å². The van der Waals surface area contributed by atoms with Crippen LogP contribution in [-0.2, 0) is 12.7 Å². The molecule has 0 radical (unpaired) electrons. The summed E-state index contributed by atoms with van der Waals surface area (Å²) in [4.78, 5) is 19.1. The quantitative estimate of drug-likeness (QED) is 0.757. The van der Waals surface area contributed by atoms with Crippen molar-refractivity contribution < 1.29 is 18.0 Å². The number of hydrogen-bond donors (Lipinski definition) is 3. The number of carbonyl (C=O) groups is 1. The van der Waals surface area contributed by atoms with E-state index in [9.17, 15) is 18.0 Å². The van der Waals surface area contributed by atoms with Gasteiger partial charge in [-0.2, -0.15) is 13.2 Å². The second-order valence-electron chi connectivity index (χ2n) is 4.20. The average molecular weight is 311 g/mol. The van der Waals surface area contributed by atoms with Crippen LogP contribution < -0.4 is 16.2 Å². The molecular formula is C13H12F3N5O. The van der Waals surface area contributed by atoms with Crippen molar-refractivity contribution in [3.8, 4) is 0 Å². The number of hydrazine groups is 1. The standard InChI is InChI=1S/C13H12F3N5O/c14-13(15,16)10-4-1-3-9(7-10)8-19-12(22)21-20-11-17-5-2-6-18-11/h1-7H,8H2,(H,17,18,20)(H2,19,21,22). The molecule has 9 heteroatoms. The van der Waals surface area contributed by atoms with E-state index in [0.717, 1.165) is 12.1 Å². The molecule has 6 nitrogen and oxygen atoms in total. The van der Waals surface area contributed by atoms with Gasteiger partial charge in [0.2, 0.25) is 5.95 Å². The first-order chi connectivity index (χ1) is 10.4. The number of amides is 2. The first-order valence-corrected chi connectivity index (χ1v) is 6.18. The molecule has 0 saturated carbocycles. The maximum atomic E-state index is 12.6. The zero-order valence-electron chi connectivity index (χ0n) is 11.2. The highest BCUT2D eigenvalue weighted by molar-refractivity contribution is 5.74. The third kappa shape index (κ3) is 4.62. The number of hydrogen-bond acceptors (Lipinski definition) is 4. The fraction of sp³-hybridized carbons (Fsp3) is 0.154. The van der Waals surface area contributed by atoms with Gasteiger partial charge in [-0.15, -0.1) is 0 Å². The van der Waals surface area contributed by atoms with Crippen LogP contribution in [0.4, 0.5) is 23.9 Å². The second-order valence-corrected chi connectivity index (χ2v) is 4.20. The lowest BCUT2D eigenvalue weighted by atomic mass is 10.1. The van der Waals surface area contributed by atoms with Crippen LogP contribution in [0, 0.1) is 0 Å². The van der Waals surface area contributed by atoms with Gasteiger partial charge in [0.15, 0.2) is 0 Å². The molecular weight excluding hydrogens is 299 g/mol. The van der Waals surface area contributed by atoms with Crippen LogP contribution in [0.5, 0.6) is 0 Å². The van der Waals surface area contributed by atoms with Crippen molar-refractivity contribution in [1.82, 2.24) is 20.7 Å². The normalized spacial score (nSPS) is 10.9. The first-order valence-electron chi connectivity index (χ1n) is 6.18. The molecule has 2 rings (SSSR count). The molecule has 0 bridgehead atoms. The molecule has 2 amide bonds. The Morgan fingerprint density at radius 1 is 1.14 bits per heavy atom. The Balaban J connectivity index is 1.84. The number of aromatic nitrogens is 2. The summed E-state index contributed by atoms with van der Waals surface area (Å²) in [6, 6.07) is 5.71. The monoisotopic (exact) mass is 311 g/mol. The number of rotatable bonds is 4. The smallest absolute Gasteiger partial charge is 0.333 e. The highest BCUT2D eigenvalue weighted by Gasteiger charge is 2.30. The van der Waals surface area contributed by atoms with Crippen molar-refractivity contribution in [1.29, 1.82) is 0 Å². The summed E-state index contributed by atoms with van der Waals surface area (Å²) in [5.41, 5.74) is 4.29. The number of urea groups is 1.